The van der Waals surface area contributed by atoms with E-state index in [0.717, 1.165) is 24.0 Å². The van der Waals surface area contributed by atoms with Crippen LogP contribution in [-0.4, -0.2) is 34.4 Å². The summed E-state index contributed by atoms with van der Waals surface area (Å²) in [5, 5.41) is 3.88. The summed E-state index contributed by atoms with van der Waals surface area (Å²) in [5.41, 5.74) is 0. The zero-order chi connectivity index (χ0) is 13.3. The molecule has 1 amide bonds. The number of rotatable bonds is 4. The van der Waals surface area contributed by atoms with Crippen LogP contribution in [0.3, 0.4) is 0 Å². The maximum atomic E-state index is 11.8. The van der Waals surface area contributed by atoms with Crippen molar-refractivity contribution in [3.63, 3.8) is 0 Å². The Morgan fingerprint density at radius 1 is 1.39 bits per heavy atom. The molecule has 0 radical (unpaired) electrons. The van der Waals surface area contributed by atoms with Crippen molar-refractivity contribution in [3.8, 4) is 0 Å². The molecule has 2 heterocycles. The number of hydrogen-bond acceptors (Lipinski definition) is 5. The summed E-state index contributed by atoms with van der Waals surface area (Å²) in [6, 6.07) is 0.209. The fourth-order valence-corrected chi connectivity index (χ4v) is 2.62. The van der Waals surface area contributed by atoms with Crippen molar-refractivity contribution in [1.29, 1.82) is 0 Å². The third-order valence-electron chi connectivity index (χ3n) is 2.90. The monoisotopic (exact) mass is 268 g/mol. The molecule has 0 unspecified atom stereocenters. The first-order chi connectivity index (χ1) is 8.47. The molecule has 100 valence electrons. The molecule has 1 saturated heterocycles. The van der Waals surface area contributed by atoms with E-state index in [2.05, 4.69) is 33.4 Å². The van der Waals surface area contributed by atoms with Gasteiger partial charge in [0.05, 0.1) is 5.92 Å². The highest BCUT2D eigenvalue weighted by Crippen LogP contribution is 2.27. The maximum Gasteiger partial charge on any atom is 0.226 e. The number of hydrogen-bond donors (Lipinski definition) is 1. The molecule has 1 aromatic rings. The van der Waals surface area contributed by atoms with Gasteiger partial charge in [-0.1, -0.05) is 13.8 Å². The summed E-state index contributed by atoms with van der Waals surface area (Å²) in [7, 11) is 0. The van der Waals surface area contributed by atoms with Gasteiger partial charge in [0.2, 0.25) is 11.0 Å². The molecule has 0 spiro atoms. The third-order valence-corrected chi connectivity index (χ3v) is 3.69. The van der Waals surface area contributed by atoms with E-state index >= 15 is 0 Å². The zero-order valence-electron chi connectivity index (χ0n) is 11.3. The van der Waals surface area contributed by atoms with E-state index in [9.17, 15) is 4.79 Å². The van der Waals surface area contributed by atoms with Crippen molar-refractivity contribution in [3.05, 3.63) is 5.82 Å². The van der Waals surface area contributed by atoms with E-state index in [1.54, 1.807) is 0 Å². The van der Waals surface area contributed by atoms with Gasteiger partial charge < -0.3 is 10.2 Å². The summed E-state index contributed by atoms with van der Waals surface area (Å²) in [6.45, 7) is 9.64. The highest BCUT2D eigenvalue weighted by Gasteiger charge is 2.34. The second-order valence-electron chi connectivity index (χ2n) is 5.36. The van der Waals surface area contributed by atoms with E-state index in [1.807, 2.05) is 13.8 Å². The molecule has 0 aliphatic carbocycles. The molecule has 0 atom stereocenters. The summed E-state index contributed by atoms with van der Waals surface area (Å²) in [6.07, 6.45) is 0. The minimum Gasteiger partial charge on any atom is -0.354 e. The Balaban J connectivity index is 1.86. The molecule has 1 N–H and O–H groups in total. The number of aromatic nitrogens is 2. The van der Waals surface area contributed by atoms with Crippen LogP contribution in [0.25, 0.3) is 0 Å². The SMILES string of the molecule is CC(C)NC(=O)C1CN(c2nc(C(C)C)ns2)C1. The van der Waals surface area contributed by atoms with Gasteiger partial charge >= 0.3 is 0 Å². The molecule has 0 bridgehead atoms. The fraction of sp³-hybridized carbons (Fsp3) is 0.750. The Labute approximate surface area is 112 Å². The molecule has 0 aromatic carbocycles. The molecule has 6 heteroatoms. The standard InChI is InChI=1S/C12H20N4OS/c1-7(2)10-14-12(18-15-10)16-5-9(6-16)11(17)13-8(3)4/h7-9H,5-6H2,1-4H3,(H,13,17). The van der Waals surface area contributed by atoms with Gasteiger partial charge in [-0.25, -0.2) is 4.98 Å². The van der Waals surface area contributed by atoms with Gasteiger partial charge in [-0.05, 0) is 13.8 Å². The fourth-order valence-electron chi connectivity index (χ4n) is 1.79. The van der Waals surface area contributed by atoms with Crippen LogP contribution < -0.4 is 10.2 Å². The highest BCUT2D eigenvalue weighted by molar-refractivity contribution is 7.09. The molecule has 0 saturated carbocycles. The summed E-state index contributed by atoms with van der Waals surface area (Å²) < 4.78 is 4.33. The van der Waals surface area contributed by atoms with Crippen LogP contribution in [0, 0.1) is 5.92 Å². The molecule has 1 aromatic heterocycles. The molecule has 5 nitrogen and oxygen atoms in total. The van der Waals surface area contributed by atoms with Crippen LogP contribution in [0.2, 0.25) is 0 Å². The highest BCUT2D eigenvalue weighted by atomic mass is 32.1. The van der Waals surface area contributed by atoms with Gasteiger partial charge in [-0.2, -0.15) is 4.37 Å². The second kappa shape index (κ2) is 5.22. The van der Waals surface area contributed by atoms with Crippen molar-refractivity contribution < 1.29 is 4.79 Å². The van der Waals surface area contributed by atoms with Crippen LogP contribution in [0.5, 0.6) is 0 Å². The summed E-state index contributed by atoms with van der Waals surface area (Å²) in [5.74, 6) is 1.50. The van der Waals surface area contributed by atoms with Crippen molar-refractivity contribution in [1.82, 2.24) is 14.7 Å². The minimum atomic E-state index is 0.0961. The van der Waals surface area contributed by atoms with E-state index < -0.39 is 0 Å². The van der Waals surface area contributed by atoms with E-state index in [4.69, 9.17) is 0 Å². The lowest BCUT2D eigenvalue weighted by Crippen LogP contribution is -2.54. The van der Waals surface area contributed by atoms with Crippen molar-refractivity contribution in [2.45, 2.75) is 39.7 Å². The number of anilines is 1. The smallest absolute Gasteiger partial charge is 0.226 e. The molecule has 1 aliphatic heterocycles. The minimum absolute atomic E-state index is 0.0961. The van der Waals surface area contributed by atoms with Gasteiger partial charge in [0, 0.05) is 36.6 Å². The molecule has 1 fully saturated rings. The van der Waals surface area contributed by atoms with Gasteiger partial charge in [0.25, 0.3) is 0 Å². The largest absolute Gasteiger partial charge is 0.354 e. The molecule has 18 heavy (non-hydrogen) atoms. The first-order valence-electron chi connectivity index (χ1n) is 6.36. The third kappa shape index (κ3) is 2.80. The molecular weight excluding hydrogens is 248 g/mol. The van der Waals surface area contributed by atoms with Gasteiger partial charge in [0.15, 0.2) is 0 Å². The van der Waals surface area contributed by atoms with Crippen LogP contribution in [-0.2, 0) is 4.79 Å². The molecule has 1 aliphatic rings. The number of carbonyl (C=O) groups is 1. The molecule has 2 rings (SSSR count). The Bertz CT molecular complexity index is 423. The lowest BCUT2D eigenvalue weighted by Gasteiger charge is -2.38. The van der Waals surface area contributed by atoms with Crippen molar-refractivity contribution in [2.75, 3.05) is 18.0 Å². The second-order valence-corrected chi connectivity index (χ2v) is 6.09. The lowest BCUT2D eigenvalue weighted by atomic mass is 10.00. The Kier molecular flexibility index (Phi) is 3.85. The van der Waals surface area contributed by atoms with E-state index in [0.29, 0.717) is 5.92 Å². The lowest BCUT2D eigenvalue weighted by molar-refractivity contribution is -0.126. The van der Waals surface area contributed by atoms with E-state index in [1.165, 1.54) is 11.5 Å². The first kappa shape index (κ1) is 13.3. The summed E-state index contributed by atoms with van der Waals surface area (Å²) >= 11 is 1.42. The van der Waals surface area contributed by atoms with Crippen LogP contribution in [0.1, 0.15) is 39.4 Å². The number of amides is 1. The topological polar surface area (TPSA) is 58.1 Å². The Morgan fingerprint density at radius 3 is 2.56 bits per heavy atom. The van der Waals surface area contributed by atoms with Crippen molar-refractivity contribution in [2.24, 2.45) is 5.92 Å². The number of carbonyl (C=O) groups excluding carboxylic acids is 1. The summed E-state index contributed by atoms with van der Waals surface area (Å²) in [4.78, 5) is 18.4. The maximum absolute atomic E-state index is 11.8. The first-order valence-corrected chi connectivity index (χ1v) is 7.13. The molecular formula is C12H20N4OS. The normalized spacial score (nSPS) is 16.2. The van der Waals surface area contributed by atoms with Crippen molar-refractivity contribution >= 4 is 22.6 Å². The van der Waals surface area contributed by atoms with Crippen LogP contribution in [0.15, 0.2) is 0 Å². The van der Waals surface area contributed by atoms with Gasteiger partial charge in [0.1, 0.15) is 5.82 Å². The van der Waals surface area contributed by atoms with Crippen LogP contribution in [0.4, 0.5) is 5.13 Å². The predicted molar refractivity (Wildman–Crippen MR) is 73.0 cm³/mol. The Morgan fingerprint density at radius 2 is 2.06 bits per heavy atom. The average Bonchev–Trinajstić information content (AvgIpc) is 2.62. The quantitative estimate of drug-likeness (QED) is 0.901. The van der Waals surface area contributed by atoms with Crippen LogP contribution >= 0.6 is 11.5 Å². The number of nitrogens with zero attached hydrogens (tertiary/aromatic N) is 3. The Hall–Kier alpha value is -1.17. The predicted octanol–water partition coefficient (Wildman–Crippen LogP) is 1.62. The van der Waals surface area contributed by atoms with E-state index in [-0.39, 0.29) is 17.9 Å². The average molecular weight is 268 g/mol. The zero-order valence-corrected chi connectivity index (χ0v) is 12.1. The van der Waals surface area contributed by atoms with Gasteiger partial charge in [-0.15, -0.1) is 0 Å². The van der Waals surface area contributed by atoms with Gasteiger partial charge in [-0.3, -0.25) is 4.79 Å². The number of nitrogens with one attached hydrogen (secondary N) is 1.